The van der Waals surface area contributed by atoms with E-state index in [0.29, 0.717) is 11.7 Å². The van der Waals surface area contributed by atoms with Crippen LogP contribution in [0.2, 0.25) is 0 Å². The molecule has 0 saturated carbocycles. The van der Waals surface area contributed by atoms with Crippen molar-refractivity contribution in [1.82, 2.24) is 0 Å². The van der Waals surface area contributed by atoms with Gasteiger partial charge in [0.25, 0.3) is 5.95 Å². The van der Waals surface area contributed by atoms with Crippen LogP contribution in [-0.2, 0) is 0 Å². The first-order valence-corrected chi connectivity index (χ1v) is 5.51. The zero-order valence-electron chi connectivity index (χ0n) is 9.91. The summed E-state index contributed by atoms with van der Waals surface area (Å²) in [5.74, 6) is 0.495. The number of benzene rings is 1. The van der Waals surface area contributed by atoms with Gasteiger partial charge in [-0.05, 0) is 11.6 Å². The van der Waals surface area contributed by atoms with Crippen LogP contribution >= 0.6 is 0 Å². The van der Waals surface area contributed by atoms with Crippen molar-refractivity contribution >= 4 is 0 Å². The van der Waals surface area contributed by atoms with E-state index in [4.69, 9.17) is 9.15 Å². The number of hydrogen-bond donors (Lipinski definition) is 0. The monoisotopic (exact) mass is 247 g/mol. The lowest BCUT2D eigenvalue weighted by molar-refractivity contribution is -0.482. The highest BCUT2D eigenvalue weighted by Gasteiger charge is 2.23. The van der Waals surface area contributed by atoms with Crippen LogP contribution in [0.15, 0.2) is 46.9 Å². The van der Waals surface area contributed by atoms with E-state index in [1.54, 1.807) is 12.1 Å². The molecule has 1 atom stereocenters. The molecule has 2 aromatic rings. The van der Waals surface area contributed by atoms with Crippen LogP contribution in [0.25, 0.3) is 0 Å². The van der Waals surface area contributed by atoms with Crippen molar-refractivity contribution in [2.24, 2.45) is 0 Å². The SMILES string of the molecule is COc1ccc([C@@H](C[N+](=O)[O-])c2ccccc2)o1. The first-order chi connectivity index (χ1) is 8.70. The lowest BCUT2D eigenvalue weighted by atomic mass is 9.97. The van der Waals surface area contributed by atoms with Crippen molar-refractivity contribution in [2.45, 2.75) is 5.92 Å². The van der Waals surface area contributed by atoms with Gasteiger partial charge in [-0.1, -0.05) is 30.3 Å². The maximum Gasteiger partial charge on any atom is 0.284 e. The number of methoxy groups -OCH3 is 1. The molecule has 0 radical (unpaired) electrons. The standard InChI is InChI=1S/C13H13NO4/c1-17-13-8-7-12(18-13)11(9-14(15)16)10-5-3-2-4-6-10/h2-8,11H,9H2,1H3/t11-/m0/s1. The minimum Gasteiger partial charge on any atom is -0.468 e. The fourth-order valence-corrected chi connectivity index (χ4v) is 1.83. The molecule has 0 aliphatic rings. The van der Waals surface area contributed by atoms with Crippen molar-refractivity contribution < 1.29 is 14.1 Å². The molecule has 0 fully saturated rings. The van der Waals surface area contributed by atoms with Crippen LogP contribution in [0.3, 0.4) is 0 Å². The summed E-state index contributed by atoms with van der Waals surface area (Å²) in [6, 6.07) is 12.6. The van der Waals surface area contributed by atoms with Crippen LogP contribution in [0.1, 0.15) is 17.2 Å². The molecule has 0 amide bonds. The van der Waals surface area contributed by atoms with Crippen LogP contribution in [0.5, 0.6) is 5.95 Å². The van der Waals surface area contributed by atoms with E-state index in [0.717, 1.165) is 5.56 Å². The first-order valence-electron chi connectivity index (χ1n) is 5.51. The molecule has 0 aliphatic carbocycles. The Labute approximate surface area is 104 Å². The number of nitrogens with zero attached hydrogens (tertiary/aromatic N) is 1. The maximum atomic E-state index is 10.8. The molecule has 1 aromatic carbocycles. The lowest BCUT2D eigenvalue weighted by Gasteiger charge is -2.10. The average Bonchev–Trinajstić information content (AvgIpc) is 2.85. The van der Waals surface area contributed by atoms with Crippen molar-refractivity contribution in [1.29, 1.82) is 0 Å². The highest BCUT2D eigenvalue weighted by atomic mass is 16.6. The molecule has 0 N–H and O–H groups in total. The van der Waals surface area contributed by atoms with E-state index in [1.165, 1.54) is 7.11 Å². The second-order valence-electron chi connectivity index (χ2n) is 3.84. The second kappa shape index (κ2) is 5.35. The van der Waals surface area contributed by atoms with E-state index in [-0.39, 0.29) is 11.5 Å². The number of hydrogen-bond acceptors (Lipinski definition) is 4. The van der Waals surface area contributed by atoms with E-state index in [1.807, 2.05) is 30.3 Å². The zero-order chi connectivity index (χ0) is 13.0. The van der Waals surface area contributed by atoms with Crippen molar-refractivity contribution in [3.05, 3.63) is 63.9 Å². The van der Waals surface area contributed by atoms with Gasteiger partial charge in [0.05, 0.1) is 7.11 Å². The van der Waals surface area contributed by atoms with Gasteiger partial charge >= 0.3 is 0 Å². The minimum atomic E-state index is -0.398. The quantitative estimate of drug-likeness (QED) is 0.601. The van der Waals surface area contributed by atoms with Crippen LogP contribution in [0.4, 0.5) is 0 Å². The third-order valence-corrected chi connectivity index (χ3v) is 2.68. The minimum absolute atomic E-state index is 0.208. The normalized spacial score (nSPS) is 12.1. The predicted octanol–water partition coefficient (Wildman–Crippen LogP) is 2.70. The largest absolute Gasteiger partial charge is 0.468 e. The third kappa shape index (κ3) is 2.68. The van der Waals surface area contributed by atoms with E-state index in [9.17, 15) is 10.1 Å². The summed E-state index contributed by atoms with van der Waals surface area (Å²) < 4.78 is 10.4. The Morgan fingerprint density at radius 3 is 2.56 bits per heavy atom. The Bertz CT molecular complexity index is 521. The zero-order valence-corrected chi connectivity index (χ0v) is 9.91. The molecule has 1 heterocycles. The molecule has 5 nitrogen and oxygen atoms in total. The molecule has 0 aliphatic heterocycles. The molecule has 2 rings (SSSR count). The molecule has 18 heavy (non-hydrogen) atoms. The Balaban J connectivity index is 2.33. The molecular formula is C13H13NO4. The highest BCUT2D eigenvalue weighted by molar-refractivity contribution is 5.28. The van der Waals surface area contributed by atoms with Gasteiger partial charge < -0.3 is 9.15 Å². The van der Waals surface area contributed by atoms with E-state index >= 15 is 0 Å². The summed E-state index contributed by atoms with van der Waals surface area (Å²) in [5, 5.41) is 10.8. The first kappa shape index (κ1) is 12.2. The van der Waals surface area contributed by atoms with Crippen LogP contribution < -0.4 is 4.74 Å². The van der Waals surface area contributed by atoms with Crippen molar-refractivity contribution in [2.75, 3.05) is 13.7 Å². The second-order valence-corrected chi connectivity index (χ2v) is 3.84. The highest BCUT2D eigenvalue weighted by Crippen LogP contribution is 2.28. The van der Waals surface area contributed by atoms with Gasteiger partial charge in [-0.3, -0.25) is 10.1 Å². The predicted molar refractivity (Wildman–Crippen MR) is 65.4 cm³/mol. The van der Waals surface area contributed by atoms with Gasteiger partial charge in [0.1, 0.15) is 11.7 Å². The number of ether oxygens (including phenoxy) is 1. The van der Waals surface area contributed by atoms with Gasteiger partial charge in [-0.2, -0.15) is 0 Å². The summed E-state index contributed by atoms with van der Waals surface area (Å²) >= 11 is 0. The van der Waals surface area contributed by atoms with Crippen molar-refractivity contribution in [3.8, 4) is 5.95 Å². The summed E-state index contributed by atoms with van der Waals surface area (Å²) in [4.78, 5) is 10.4. The van der Waals surface area contributed by atoms with Gasteiger partial charge in [-0.15, -0.1) is 0 Å². The van der Waals surface area contributed by atoms with Crippen LogP contribution in [-0.4, -0.2) is 18.6 Å². The molecule has 0 saturated heterocycles. The Morgan fingerprint density at radius 2 is 2.00 bits per heavy atom. The Morgan fingerprint density at radius 1 is 1.28 bits per heavy atom. The van der Waals surface area contributed by atoms with Crippen molar-refractivity contribution in [3.63, 3.8) is 0 Å². The number of nitro groups is 1. The van der Waals surface area contributed by atoms with Gasteiger partial charge in [-0.25, -0.2) is 0 Å². The molecule has 94 valence electrons. The fourth-order valence-electron chi connectivity index (χ4n) is 1.83. The molecule has 0 spiro atoms. The molecule has 0 bridgehead atoms. The fraction of sp³-hybridized carbons (Fsp3) is 0.231. The van der Waals surface area contributed by atoms with E-state index in [2.05, 4.69) is 0 Å². The summed E-state index contributed by atoms with van der Waals surface area (Å²) in [7, 11) is 1.49. The summed E-state index contributed by atoms with van der Waals surface area (Å²) in [5.41, 5.74) is 0.853. The Hall–Kier alpha value is -2.30. The lowest BCUT2D eigenvalue weighted by Crippen LogP contribution is -2.13. The molecule has 0 unspecified atom stereocenters. The number of furan rings is 1. The van der Waals surface area contributed by atoms with Gasteiger partial charge in [0, 0.05) is 11.0 Å². The molecule has 1 aromatic heterocycles. The average molecular weight is 247 g/mol. The molecular weight excluding hydrogens is 234 g/mol. The topological polar surface area (TPSA) is 65.5 Å². The maximum absolute atomic E-state index is 10.8. The summed E-state index contributed by atoms with van der Waals surface area (Å²) in [6.45, 7) is -0.208. The molecule has 5 heteroatoms. The van der Waals surface area contributed by atoms with Crippen LogP contribution in [0, 0.1) is 10.1 Å². The Kier molecular flexibility index (Phi) is 3.62. The third-order valence-electron chi connectivity index (χ3n) is 2.68. The van der Waals surface area contributed by atoms with Gasteiger partial charge in [0.2, 0.25) is 6.54 Å². The van der Waals surface area contributed by atoms with E-state index < -0.39 is 5.92 Å². The van der Waals surface area contributed by atoms with Gasteiger partial charge in [0.15, 0.2) is 0 Å². The number of rotatable bonds is 5. The smallest absolute Gasteiger partial charge is 0.284 e. The summed E-state index contributed by atoms with van der Waals surface area (Å²) in [6.07, 6.45) is 0.